The molecule has 0 spiro atoms. The first-order valence-corrected chi connectivity index (χ1v) is 8.62. The van der Waals surface area contributed by atoms with Gasteiger partial charge in [0.05, 0.1) is 11.7 Å². The van der Waals surface area contributed by atoms with Gasteiger partial charge >= 0.3 is 5.97 Å². The molecule has 0 aromatic heterocycles. The van der Waals surface area contributed by atoms with E-state index < -0.39 is 6.10 Å². The topological polar surface area (TPSA) is 64.6 Å². The third kappa shape index (κ3) is 5.34. The number of amides is 1. The van der Waals surface area contributed by atoms with Crippen molar-refractivity contribution < 1.29 is 19.1 Å². The van der Waals surface area contributed by atoms with E-state index in [0.717, 1.165) is 11.1 Å². The predicted molar refractivity (Wildman–Crippen MR) is 102 cm³/mol. The largest absolute Gasteiger partial charge is 0.481 e. The van der Waals surface area contributed by atoms with Crippen molar-refractivity contribution in [2.24, 2.45) is 0 Å². The maximum absolute atomic E-state index is 12.3. The van der Waals surface area contributed by atoms with Crippen molar-refractivity contribution in [1.82, 2.24) is 0 Å². The highest BCUT2D eigenvalue weighted by molar-refractivity contribution is 5.95. The molecule has 0 radical (unpaired) electrons. The van der Waals surface area contributed by atoms with Gasteiger partial charge in [-0.05, 0) is 76.1 Å². The van der Waals surface area contributed by atoms with Crippen molar-refractivity contribution in [3.05, 3.63) is 59.2 Å². The molecule has 1 amide bonds. The number of benzene rings is 2. The van der Waals surface area contributed by atoms with Gasteiger partial charge in [-0.2, -0.15) is 0 Å². The number of hydrogen-bond donors (Lipinski definition) is 1. The minimum atomic E-state index is -0.652. The first-order valence-electron chi connectivity index (χ1n) is 8.62. The summed E-state index contributed by atoms with van der Waals surface area (Å²) in [6.45, 7) is 9.20. The van der Waals surface area contributed by atoms with Crippen LogP contribution in [0.1, 0.15) is 42.3 Å². The molecule has 138 valence electrons. The lowest BCUT2D eigenvalue weighted by Crippen LogP contribution is -2.30. The van der Waals surface area contributed by atoms with Gasteiger partial charge in [0.25, 0.3) is 5.91 Å². The molecule has 1 unspecified atom stereocenters. The van der Waals surface area contributed by atoms with Crippen LogP contribution in [0, 0.1) is 13.8 Å². The van der Waals surface area contributed by atoms with Gasteiger partial charge < -0.3 is 14.8 Å². The Morgan fingerprint density at radius 3 is 2.23 bits per heavy atom. The maximum Gasteiger partial charge on any atom is 0.338 e. The molecular weight excluding hydrogens is 330 g/mol. The van der Waals surface area contributed by atoms with Crippen LogP contribution in [-0.2, 0) is 9.53 Å². The van der Waals surface area contributed by atoms with Crippen molar-refractivity contribution in [2.75, 3.05) is 5.32 Å². The average molecular weight is 355 g/mol. The molecule has 0 fully saturated rings. The molecule has 5 heteroatoms. The van der Waals surface area contributed by atoms with Crippen LogP contribution in [0.2, 0.25) is 0 Å². The lowest BCUT2D eigenvalue weighted by Gasteiger charge is -2.17. The van der Waals surface area contributed by atoms with Gasteiger partial charge in [-0.3, -0.25) is 4.79 Å². The van der Waals surface area contributed by atoms with Gasteiger partial charge in [0, 0.05) is 5.69 Å². The van der Waals surface area contributed by atoms with E-state index in [4.69, 9.17) is 9.47 Å². The summed E-state index contributed by atoms with van der Waals surface area (Å²) >= 11 is 0. The molecule has 0 aliphatic heterocycles. The molecule has 1 N–H and O–H groups in total. The standard InChI is InChI=1S/C21H25NO4/c1-13(2)25-21(24)17-8-10-18(11-9-17)22-20(23)16(5)26-19-12-14(3)6-7-15(19)4/h6-13,16H,1-5H3,(H,22,23). The van der Waals surface area contributed by atoms with E-state index in [-0.39, 0.29) is 18.0 Å². The first kappa shape index (κ1) is 19.5. The van der Waals surface area contributed by atoms with E-state index in [0.29, 0.717) is 17.0 Å². The molecule has 26 heavy (non-hydrogen) atoms. The quantitative estimate of drug-likeness (QED) is 0.786. The summed E-state index contributed by atoms with van der Waals surface area (Å²) in [7, 11) is 0. The van der Waals surface area contributed by atoms with Crippen LogP contribution in [0.15, 0.2) is 42.5 Å². The minimum Gasteiger partial charge on any atom is -0.481 e. The zero-order chi connectivity index (χ0) is 19.3. The summed E-state index contributed by atoms with van der Waals surface area (Å²) in [5.41, 5.74) is 3.08. The molecule has 0 saturated carbocycles. The average Bonchev–Trinajstić information content (AvgIpc) is 2.58. The van der Waals surface area contributed by atoms with Crippen molar-refractivity contribution in [3.8, 4) is 5.75 Å². The Labute approximate surface area is 154 Å². The summed E-state index contributed by atoms with van der Waals surface area (Å²) in [5, 5.41) is 2.79. The zero-order valence-corrected chi connectivity index (χ0v) is 15.8. The molecule has 0 aliphatic carbocycles. The van der Waals surface area contributed by atoms with E-state index in [1.807, 2.05) is 32.0 Å². The van der Waals surface area contributed by atoms with E-state index in [1.165, 1.54) is 0 Å². The monoisotopic (exact) mass is 355 g/mol. The molecule has 2 aromatic rings. The van der Waals surface area contributed by atoms with Crippen molar-refractivity contribution in [1.29, 1.82) is 0 Å². The Kier molecular flexibility index (Phi) is 6.39. The van der Waals surface area contributed by atoms with Gasteiger partial charge in [0.1, 0.15) is 5.75 Å². The van der Waals surface area contributed by atoms with Gasteiger partial charge in [0.2, 0.25) is 0 Å². The summed E-state index contributed by atoms with van der Waals surface area (Å²) in [5.74, 6) is 0.0485. The predicted octanol–water partition coefficient (Wildman–Crippen LogP) is 4.27. The highest BCUT2D eigenvalue weighted by atomic mass is 16.5. The minimum absolute atomic E-state index is 0.176. The Balaban J connectivity index is 1.98. The fourth-order valence-electron chi connectivity index (χ4n) is 2.29. The van der Waals surface area contributed by atoms with Crippen LogP contribution in [-0.4, -0.2) is 24.1 Å². The third-order valence-corrected chi connectivity index (χ3v) is 3.75. The number of ether oxygens (including phenoxy) is 2. The van der Waals surface area contributed by atoms with Crippen LogP contribution in [0.25, 0.3) is 0 Å². The lowest BCUT2D eigenvalue weighted by atomic mass is 10.1. The van der Waals surface area contributed by atoms with Crippen LogP contribution in [0.5, 0.6) is 5.75 Å². The summed E-state index contributed by atoms with van der Waals surface area (Å²) < 4.78 is 10.9. The Bertz CT molecular complexity index is 781. The Morgan fingerprint density at radius 2 is 1.62 bits per heavy atom. The second-order valence-corrected chi connectivity index (χ2v) is 6.55. The molecule has 2 rings (SSSR count). The Morgan fingerprint density at radius 1 is 0.962 bits per heavy atom. The molecular formula is C21H25NO4. The molecule has 2 aromatic carbocycles. The van der Waals surface area contributed by atoms with E-state index in [2.05, 4.69) is 5.32 Å². The van der Waals surface area contributed by atoms with E-state index >= 15 is 0 Å². The number of carbonyl (C=O) groups is 2. The van der Waals surface area contributed by atoms with Gasteiger partial charge in [0.15, 0.2) is 6.10 Å². The summed E-state index contributed by atoms with van der Waals surface area (Å²) in [6, 6.07) is 12.4. The number of carbonyl (C=O) groups excluding carboxylic acids is 2. The lowest BCUT2D eigenvalue weighted by molar-refractivity contribution is -0.122. The highest BCUT2D eigenvalue weighted by Gasteiger charge is 2.16. The summed E-state index contributed by atoms with van der Waals surface area (Å²) in [4.78, 5) is 24.2. The molecule has 5 nitrogen and oxygen atoms in total. The van der Waals surface area contributed by atoms with Crippen LogP contribution in [0.4, 0.5) is 5.69 Å². The molecule has 0 bridgehead atoms. The first-order chi connectivity index (χ1) is 12.3. The van der Waals surface area contributed by atoms with Crippen molar-refractivity contribution in [3.63, 3.8) is 0 Å². The normalized spacial score (nSPS) is 11.8. The smallest absolute Gasteiger partial charge is 0.338 e. The number of rotatable bonds is 6. The van der Waals surface area contributed by atoms with Gasteiger partial charge in [-0.1, -0.05) is 12.1 Å². The van der Waals surface area contributed by atoms with E-state index in [9.17, 15) is 9.59 Å². The second kappa shape index (κ2) is 8.52. The SMILES string of the molecule is Cc1ccc(C)c(OC(C)C(=O)Nc2ccc(C(=O)OC(C)C)cc2)c1. The fourth-order valence-corrected chi connectivity index (χ4v) is 2.29. The number of aryl methyl sites for hydroxylation is 2. The maximum atomic E-state index is 12.3. The molecule has 0 heterocycles. The van der Waals surface area contributed by atoms with Crippen LogP contribution in [0.3, 0.4) is 0 Å². The number of anilines is 1. The number of esters is 1. The molecule has 0 saturated heterocycles. The molecule has 1 atom stereocenters. The van der Waals surface area contributed by atoms with Gasteiger partial charge in [-0.15, -0.1) is 0 Å². The van der Waals surface area contributed by atoms with Crippen molar-refractivity contribution in [2.45, 2.75) is 46.8 Å². The summed E-state index contributed by atoms with van der Waals surface area (Å²) in [6.07, 6.45) is -0.828. The number of hydrogen-bond acceptors (Lipinski definition) is 4. The van der Waals surface area contributed by atoms with Gasteiger partial charge in [-0.25, -0.2) is 4.79 Å². The molecule has 0 aliphatic rings. The van der Waals surface area contributed by atoms with Crippen LogP contribution >= 0.6 is 0 Å². The second-order valence-electron chi connectivity index (χ2n) is 6.55. The van der Waals surface area contributed by atoms with Crippen LogP contribution < -0.4 is 10.1 Å². The number of nitrogens with one attached hydrogen (secondary N) is 1. The highest BCUT2D eigenvalue weighted by Crippen LogP contribution is 2.21. The fraction of sp³-hybridized carbons (Fsp3) is 0.333. The zero-order valence-electron chi connectivity index (χ0n) is 15.8. The Hall–Kier alpha value is -2.82. The van der Waals surface area contributed by atoms with E-state index in [1.54, 1.807) is 45.0 Å². The van der Waals surface area contributed by atoms with Crippen molar-refractivity contribution >= 4 is 17.6 Å². The third-order valence-electron chi connectivity index (χ3n) is 3.75.